The molecule has 0 saturated heterocycles. The fourth-order valence-electron chi connectivity index (χ4n) is 5.82. The zero-order valence-corrected chi connectivity index (χ0v) is 7.76. The van der Waals surface area contributed by atoms with Gasteiger partial charge in [-0.2, -0.15) is 0 Å². The van der Waals surface area contributed by atoms with Crippen molar-refractivity contribution in [1.29, 1.82) is 0 Å². The summed E-state index contributed by atoms with van der Waals surface area (Å²) in [6.45, 7) is 0. The Labute approximate surface area is 74.7 Å². The second kappa shape index (κ2) is 1.76. The number of rotatable bonds is 0. The van der Waals surface area contributed by atoms with Crippen LogP contribution in [-0.4, -0.2) is 0 Å². The topological polar surface area (TPSA) is 0 Å². The molecule has 0 aliphatic heterocycles. The molecule has 4 atom stereocenters. The van der Waals surface area contributed by atoms with Gasteiger partial charge in [-0.1, -0.05) is 0 Å². The molecule has 1 spiro atoms. The first-order valence-corrected chi connectivity index (χ1v) is 5.92. The second-order valence-electron chi connectivity index (χ2n) is 5.76. The molecule has 0 aromatic rings. The largest absolute Gasteiger partial charge is 0.0496 e. The average molecular weight is 162 g/mol. The standard InChI is InChI=1S/C12H18/c1-2-9-4-6-11-7-10-5-3-8(1)12(9,10)11/h8-11H,1-7H2. The molecular weight excluding hydrogens is 144 g/mol. The molecule has 0 aromatic carbocycles. The highest BCUT2D eigenvalue weighted by molar-refractivity contribution is 5.18. The van der Waals surface area contributed by atoms with E-state index in [0.717, 1.165) is 5.41 Å². The monoisotopic (exact) mass is 162 g/mol. The van der Waals surface area contributed by atoms with E-state index in [-0.39, 0.29) is 0 Å². The molecule has 4 aliphatic rings. The van der Waals surface area contributed by atoms with Crippen LogP contribution in [0.2, 0.25) is 0 Å². The van der Waals surface area contributed by atoms with Gasteiger partial charge in [0.2, 0.25) is 0 Å². The molecule has 4 fully saturated rings. The van der Waals surface area contributed by atoms with E-state index >= 15 is 0 Å². The van der Waals surface area contributed by atoms with Gasteiger partial charge in [-0.05, 0) is 74.0 Å². The van der Waals surface area contributed by atoms with Crippen LogP contribution in [-0.2, 0) is 0 Å². The van der Waals surface area contributed by atoms with Gasteiger partial charge in [0, 0.05) is 0 Å². The molecule has 4 rings (SSSR count). The predicted molar refractivity (Wildman–Crippen MR) is 48.7 cm³/mol. The van der Waals surface area contributed by atoms with Crippen molar-refractivity contribution in [2.45, 2.75) is 44.9 Å². The van der Waals surface area contributed by atoms with Gasteiger partial charge in [-0.3, -0.25) is 0 Å². The highest BCUT2D eigenvalue weighted by atomic mass is 14.7. The van der Waals surface area contributed by atoms with Crippen LogP contribution in [0.5, 0.6) is 0 Å². The molecule has 0 N–H and O–H groups in total. The van der Waals surface area contributed by atoms with E-state index < -0.39 is 0 Å². The first kappa shape index (κ1) is 6.45. The van der Waals surface area contributed by atoms with Crippen LogP contribution < -0.4 is 0 Å². The van der Waals surface area contributed by atoms with E-state index in [1.807, 2.05) is 0 Å². The molecule has 0 nitrogen and oxygen atoms in total. The van der Waals surface area contributed by atoms with Crippen molar-refractivity contribution in [3.8, 4) is 0 Å². The SMILES string of the molecule is C1CC2CCC3CC4CCC1C243. The summed E-state index contributed by atoms with van der Waals surface area (Å²) in [7, 11) is 0. The van der Waals surface area contributed by atoms with Gasteiger partial charge < -0.3 is 0 Å². The molecule has 0 bridgehead atoms. The molecule has 0 heterocycles. The summed E-state index contributed by atoms with van der Waals surface area (Å²) in [5, 5.41) is 0. The molecule has 0 radical (unpaired) electrons. The average Bonchev–Trinajstić information content (AvgIpc) is 2.60. The van der Waals surface area contributed by atoms with Crippen molar-refractivity contribution in [2.24, 2.45) is 29.1 Å². The highest BCUT2D eigenvalue weighted by Crippen LogP contribution is 2.77. The van der Waals surface area contributed by atoms with Gasteiger partial charge in [-0.15, -0.1) is 0 Å². The predicted octanol–water partition coefficient (Wildman–Crippen LogP) is 3.22. The Bertz CT molecular complexity index is 202. The van der Waals surface area contributed by atoms with Crippen LogP contribution in [0.1, 0.15) is 44.9 Å². The smallest absolute Gasteiger partial charge is 0.0184 e. The van der Waals surface area contributed by atoms with Crippen LogP contribution in [0.15, 0.2) is 0 Å². The molecule has 4 aliphatic carbocycles. The lowest BCUT2D eigenvalue weighted by molar-refractivity contribution is -0.0436. The minimum absolute atomic E-state index is 0.972. The van der Waals surface area contributed by atoms with Gasteiger partial charge >= 0.3 is 0 Å². The molecule has 12 heavy (non-hydrogen) atoms. The van der Waals surface area contributed by atoms with E-state index in [2.05, 4.69) is 0 Å². The molecular formula is C12H18. The van der Waals surface area contributed by atoms with Crippen LogP contribution in [0, 0.1) is 29.1 Å². The van der Waals surface area contributed by atoms with Crippen molar-refractivity contribution in [3.63, 3.8) is 0 Å². The summed E-state index contributed by atoms with van der Waals surface area (Å²) in [5.74, 6) is 4.83. The first-order chi connectivity index (χ1) is 5.92. The van der Waals surface area contributed by atoms with E-state index in [1.54, 1.807) is 44.9 Å². The summed E-state index contributed by atoms with van der Waals surface area (Å²) in [5.41, 5.74) is 0.972. The Morgan fingerprint density at radius 2 is 1.00 bits per heavy atom. The van der Waals surface area contributed by atoms with Crippen LogP contribution in [0.4, 0.5) is 0 Å². The fraction of sp³-hybridized carbons (Fsp3) is 1.00. The zero-order valence-electron chi connectivity index (χ0n) is 7.76. The number of hydrogen-bond donors (Lipinski definition) is 0. The lowest BCUT2D eigenvalue weighted by Gasteiger charge is -2.52. The third kappa shape index (κ3) is 0.438. The van der Waals surface area contributed by atoms with Gasteiger partial charge in [0.1, 0.15) is 0 Å². The highest BCUT2D eigenvalue weighted by Gasteiger charge is 2.69. The van der Waals surface area contributed by atoms with Crippen molar-refractivity contribution in [3.05, 3.63) is 0 Å². The molecule has 66 valence electrons. The quantitative estimate of drug-likeness (QED) is 0.513. The molecule has 4 saturated carbocycles. The fourth-order valence-corrected chi connectivity index (χ4v) is 5.82. The normalized spacial score (nSPS) is 66.0. The van der Waals surface area contributed by atoms with E-state index in [1.165, 1.54) is 23.7 Å². The first-order valence-electron chi connectivity index (χ1n) is 5.92. The lowest BCUT2D eigenvalue weighted by atomic mass is 9.52. The Balaban J connectivity index is 1.87. The van der Waals surface area contributed by atoms with Crippen molar-refractivity contribution in [2.75, 3.05) is 0 Å². The summed E-state index contributed by atoms with van der Waals surface area (Å²) >= 11 is 0. The van der Waals surface area contributed by atoms with Gasteiger partial charge in [0.05, 0.1) is 0 Å². The second-order valence-corrected chi connectivity index (χ2v) is 5.76. The molecule has 0 amide bonds. The minimum Gasteiger partial charge on any atom is -0.0496 e. The Morgan fingerprint density at radius 1 is 0.583 bits per heavy atom. The van der Waals surface area contributed by atoms with E-state index in [0.29, 0.717) is 0 Å². The summed E-state index contributed by atoms with van der Waals surface area (Å²) in [4.78, 5) is 0. The van der Waals surface area contributed by atoms with Crippen LogP contribution >= 0.6 is 0 Å². The maximum absolute atomic E-state index is 1.63. The summed E-state index contributed by atoms with van der Waals surface area (Å²) < 4.78 is 0. The van der Waals surface area contributed by atoms with Crippen LogP contribution in [0.25, 0.3) is 0 Å². The molecule has 0 heteroatoms. The molecule has 0 aromatic heterocycles. The van der Waals surface area contributed by atoms with E-state index in [9.17, 15) is 0 Å². The Hall–Kier alpha value is 0. The Morgan fingerprint density at radius 3 is 1.50 bits per heavy atom. The van der Waals surface area contributed by atoms with E-state index in [4.69, 9.17) is 0 Å². The van der Waals surface area contributed by atoms with Gasteiger partial charge in [0.15, 0.2) is 0 Å². The van der Waals surface area contributed by atoms with Crippen molar-refractivity contribution < 1.29 is 0 Å². The van der Waals surface area contributed by atoms with Crippen molar-refractivity contribution in [1.82, 2.24) is 0 Å². The molecule has 4 unspecified atom stereocenters. The Kier molecular flexibility index (Phi) is 0.946. The maximum Gasteiger partial charge on any atom is -0.0184 e. The summed E-state index contributed by atoms with van der Waals surface area (Å²) in [6, 6.07) is 0. The maximum atomic E-state index is 1.63. The zero-order chi connectivity index (χ0) is 7.76. The van der Waals surface area contributed by atoms with Crippen LogP contribution in [0.3, 0.4) is 0 Å². The van der Waals surface area contributed by atoms with Gasteiger partial charge in [-0.25, -0.2) is 0 Å². The summed E-state index contributed by atoms with van der Waals surface area (Å²) in [6.07, 6.45) is 11.3. The number of hydrogen-bond acceptors (Lipinski definition) is 0. The third-order valence-corrected chi connectivity index (χ3v) is 5.99. The lowest BCUT2D eigenvalue weighted by Crippen LogP contribution is -2.46. The minimum atomic E-state index is 0.972. The van der Waals surface area contributed by atoms with Crippen molar-refractivity contribution >= 4 is 0 Å². The van der Waals surface area contributed by atoms with Gasteiger partial charge in [0.25, 0.3) is 0 Å². The third-order valence-electron chi connectivity index (χ3n) is 5.99.